The normalized spacial score (nSPS) is 23.5. The lowest BCUT2D eigenvalue weighted by Crippen LogP contribution is -2.48. The molecule has 2 aromatic rings. The Hall–Kier alpha value is -2.92. The van der Waals surface area contributed by atoms with Gasteiger partial charge in [0.2, 0.25) is 0 Å². The first-order chi connectivity index (χ1) is 18.3. The number of anilines is 1. The van der Waals surface area contributed by atoms with E-state index in [-0.39, 0.29) is 22.5 Å². The van der Waals surface area contributed by atoms with Gasteiger partial charge in [-0.3, -0.25) is 0 Å². The molecule has 0 spiro atoms. The van der Waals surface area contributed by atoms with E-state index in [0.29, 0.717) is 17.8 Å². The number of hydrogen-bond donors (Lipinski definition) is 1. The third kappa shape index (κ3) is 5.31. The van der Waals surface area contributed by atoms with E-state index in [4.69, 9.17) is 11.6 Å². The molecule has 0 bridgehead atoms. The Morgan fingerprint density at radius 2 is 2.03 bits per heavy atom. The van der Waals surface area contributed by atoms with Crippen molar-refractivity contribution in [2.24, 2.45) is 0 Å². The summed E-state index contributed by atoms with van der Waals surface area (Å²) in [6.45, 7) is 8.05. The monoisotopic (exact) mass is 535 g/mol. The molecule has 0 aromatic heterocycles. The summed E-state index contributed by atoms with van der Waals surface area (Å²) in [4.78, 5) is 20.4. The number of likely N-dealkylation sites (N-methyl/N-ethyl adjacent to an activating group) is 1. The van der Waals surface area contributed by atoms with Crippen molar-refractivity contribution in [3.8, 4) is 6.07 Å². The third-order valence-corrected chi connectivity index (χ3v) is 8.95. The van der Waals surface area contributed by atoms with Gasteiger partial charge in [0.1, 0.15) is 5.82 Å². The second-order valence-electron chi connectivity index (χ2n) is 10.8. The Bertz CT molecular complexity index is 1280. The van der Waals surface area contributed by atoms with E-state index < -0.39 is 5.82 Å². The molecule has 2 aromatic carbocycles. The number of nitrogens with one attached hydrogen (secondary N) is 1. The minimum Gasteiger partial charge on any atom is -0.321 e. The van der Waals surface area contributed by atoms with Gasteiger partial charge in [0, 0.05) is 49.9 Å². The summed E-state index contributed by atoms with van der Waals surface area (Å²) in [7, 11) is 2.15. The molecule has 2 fully saturated rings. The van der Waals surface area contributed by atoms with Crippen molar-refractivity contribution in [3.63, 3.8) is 0 Å². The first-order valence-electron chi connectivity index (χ1n) is 13.5. The van der Waals surface area contributed by atoms with Crippen molar-refractivity contribution >= 4 is 23.3 Å². The summed E-state index contributed by atoms with van der Waals surface area (Å²) in [5.41, 5.74) is 5.07. The maximum Gasteiger partial charge on any atom is 0.322 e. The molecule has 1 aliphatic heterocycles. The van der Waals surface area contributed by atoms with Crippen molar-refractivity contribution in [3.05, 3.63) is 75.6 Å². The Balaban J connectivity index is 1.29. The van der Waals surface area contributed by atoms with Crippen LogP contribution in [-0.4, -0.2) is 73.1 Å². The van der Waals surface area contributed by atoms with Gasteiger partial charge >= 0.3 is 6.03 Å². The number of hydrogen-bond acceptors (Lipinski definition) is 4. The quantitative estimate of drug-likeness (QED) is 0.466. The van der Waals surface area contributed by atoms with Gasteiger partial charge in [0.05, 0.1) is 16.7 Å². The average molecular weight is 536 g/mol. The van der Waals surface area contributed by atoms with Crippen molar-refractivity contribution in [2.45, 2.75) is 44.1 Å². The first kappa shape index (κ1) is 26.7. The molecule has 3 aliphatic rings. The molecule has 6 nitrogen and oxygen atoms in total. The van der Waals surface area contributed by atoms with Gasteiger partial charge in [-0.1, -0.05) is 34.9 Å². The first-order valence-corrected chi connectivity index (χ1v) is 13.8. The number of allylic oxidation sites excluding steroid dienone is 1. The fourth-order valence-electron chi connectivity index (χ4n) is 6.33. The van der Waals surface area contributed by atoms with Crippen molar-refractivity contribution in [1.29, 1.82) is 5.26 Å². The van der Waals surface area contributed by atoms with Crippen LogP contribution in [0.2, 0.25) is 5.02 Å². The van der Waals surface area contributed by atoms with Crippen LogP contribution in [0.5, 0.6) is 0 Å². The maximum atomic E-state index is 13.7. The number of halogens is 2. The van der Waals surface area contributed by atoms with E-state index in [2.05, 4.69) is 41.2 Å². The number of piperazine rings is 1. The zero-order chi connectivity index (χ0) is 26.9. The van der Waals surface area contributed by atoms with E-state index >= 15 is 0 Å². The number of nitrogens with zero attached hydrogens (tertiary/aromatic N) is 4. The number of rotatable bonds is 7. The molecule has 2 atom stereocenters. The van der Waals surface area contributed by atoms with E-state index in [1.807, 2.05) is 23.1 Å². The fourth-order valence-corrected chi connectivity index (χ4v) is 6.51. The van der Waals surface area contributed by atoms with E-state index in [9.17, 15) is 14.4 Å². The maximum absolute atomic E-state index is 13.7. The number of urea groups is 1. The van der Waals surface area contributed by atoms with Gasteiger partial charge in [0.25, 0.3) is 0 Å². The number of amides is 2. The smallest absolute Gasteiger partial charge is 0.321 e. The molecule has 1 N–H and O–H groups in total. The Kier molecular flexibility index (Phi) is 7.76. The van der Waals surface area contributed by atoms with Crippen LogP contribution in [-0.2, 0) is 5.41 Å². The standard InChI is InChI=1S/C30H35ClFN5O/c1-21-26-19-25(9-10-30(21,26)23-6-3-5-22(17-23)20-33)37(12-4-11-36-15-13-35(2)14-16-36)29(38)34-24-7-8-28(32)27(31)18-24/h3,5-8,17-18,25H,4,9-16,19H2,1-2H3,(H,34,38)/t25-,30-/m1/s1. The highest BCUT2D eigenvalue weighted by Gasteiger charge is 2.55. The van der Waals surface area contributed by atoms with Crippen LogP contribution in [0.1, 0.15) is 43.7 Å². The highest BCUT2D eigenvalue weighted by molar-refractivity contribution is 6.31. The van der Waals surface area contributed by atoms with Gasteiger partial charge in [-0.05, 0) is 82.1 Å². The lowest BCUT2D eigenvalue weighted by atomic mass is 9.76. The van der Waals surface area contributed by atoms with E-state index in [0.717, 1.165) is 58.4 Å². The van der Waals surface area contributed by atoms with Gasteiger partial charge in [-0.15, -0.1) is 0 Å². The van der Waals surface area contributed by atoms with Gasteiger partial charge in [0.15, 0.2) is 0 Å². The van der Waals surface area contributed by atoms with Gasteiger partial charge < -0.3 is 20.0 Å². The van der Waals surface area contributed by atoms with E-state index in [1.54, 1.807) is 6.07 Å². The summed E-state index contributed by atoms with van der Waals surface area (Å²) in [6.07, 6.45) is 3.53. The molecule has 1 saturated heterocycles. The Labute approximate surface area is 229 Å². The Morgan fingerprint density at radius 3 is 2.74 bits per heavy atom. The van der Waals surface area contributed by atoms with Crippen LogP contribution in [0.25, 0.3) is 0 Å². The van der Waals surface area contributed by atoms with Gasteiger partial charge in [-0.25, -0.2) is 9.18 Å². The van der Waals surface area contributed by atoms with Crippen LogP contribution < -0.4 is 5.32 Å². The second-order valence-corrected chi connectivity index (χ2v) is 11.3. The molecular formula is C30H35ClFN5O. The molecular weight excluding hydrogens is 501 g/mol. The SMILES string of the molecule is CC1=C2C[C@H](N(CCCN3CCN(C)CC3)C(=O)Nc3ccc(F)c(Cl)c3)CC[C@]12c1cccc(C#N)c1. The lowest BCUT2D eigenvalue weighted by molar-refractivity contribution is 0.139. The summed E-state index contributed by atoms with van der Waals surface area (Å²) in [6, 6.07) is 14.4. The lowest BCUT2D eigenvalue weighted by Gasteiger charge is -2.38. The number of fused-ring (bicyclic) bond motifs is 1. The van der Waals surface area contributed by atoms with E-state index in [1.165, 1.54) is 28.8 Å². The van der Waals surface area contributed by atoms with Crippen LogP contribution in [0, 0.1) is 17.1 Å². The number of nitriles is 1. The molecule has 8 heteroatoms. The van der Waals surface area contributed by atoms with Crippen molar-refractivity contribution < 1.29 is 9.18 Å². The summed E-state index contributed by atoms with van der Waals surface area (Å²) in [5.74, 6) is -0.506. The summed E-state index contributed by atoms with van der Waals surface area (Å²) in [5, 5.41) is 12.3. The number of carbonyl (C=O) groups is 1. The van der Waals surface area contributed by atoms with Crippen molar-refractivity contribution in [2.75, 3.05) is 51.6 Å². The third-order valence-electron chi connectivity index (χ3n) is 8.66. The molecule has 1 saturated carbocycles. The molecule has 0 radical (unpaired) electrons. The molecule has 5 rings (SSSR count). The predicted octanol–water partition coefficient (Wildman–Crippen LogP) is 5.64. The van der Waals surface area contributed by atoms with Crippen LogP contribution in [0.3, 0.4) is 0 Å². The second kappa shape index (κ2) is 11.1. The summed E-state index contributed by atoms with van der Waals surface area (Å²) < 4.78 is 13.7. The largest absolute Gasteiger partial charge is 0.322 e. The molecule has 1 heterocycles. The molecule has 2 aliphatic carbocycles. The van der Waals surface area contributed by atoms with Gasteiger partial charge in [-0.2, -0.15) is 5.26 Å². The zero-order valence-corrected chi connectivity index (χ0v) is 22.9. The molecule has 2 amide bonds. The molecule has 200 valence electrons. The van der Waals surface area contributed by atoms with Crippen LogP contribution in [0.4, 0.5) is 14.9 Å². The topological polar surface area (TPSA) is 62.6 Å². The number of benzene rings is 2. The average Bonchev–Trinajstić information content (AvgIpc) is 3.53. The van der Waals surface area contributed by atoms with Crippen molar-refractivity contribution in [1.82, 2.24) is 14.7 Å². The molecule has 0 unspecified atom stereocenters. The van der Waals surface area contributed by atoms with Crippen LogP contribution in [0.15, 0.2) is 53.6 Å². The summed E-state index contributed by atoms with van der Waals surface area (Å²) >= 11 is 5.97. The minimum absolute atomic E-state index is 0.00905. The fraction of sp³-hybridized carbons (Fsp3) is 0.467. The molecule has 38 heavy (non-hydrogen) atoms. The number of carbonyl (C=O) groups excluding carboxylic acids is 1. The zero-order valence-electron chi connectivity index (χ0n) is 22.1. The highest BCUT2D eigenvalue weighted by atomic mass is 35.5. The predicted molar refractivity (Wildman–Crippen MR) is 149 cm³/mol. The highest BCUT2D eigenvalue weighted by Crippen LogP contribution is 2.62. The van der Waals surface area contributed by atoms with Crippen LogP contribution >= 0.6 is 11.6 Å². The minimum atomic E-state index is -0.506. The Morgan fingerprint density at radius 1 is 1.24 bits per heavy atom.